The van der Waals surface area contributed by atoms with E-state index >= 15 is 0 Å². The van der Waals surface area contributed by atoms with Crippen molar-refractivity contribution < 1.29 is 8.42 Å². The van der Waals surface area contributed by atoms with Crippen LogP contribution in [0.15, 0.2) is 42.7 Å². The minimum Gasteiger partial charge on any atom is -0.352 e. The van der Waals surface area contributed by atoms with Gasteiger partial charge >= 0.3 is 0 Å². The maximum Gasteiger partial charge on any atom is 0.207 e. The Kier molecular flexibility index (Phi) is 3.90. The van der Waals surface area contributed by atoms with E-state index in [1.54, 1.807) is 6.20 Å². The van der Waals surface area contributed by atoms with Crippen LogP contribution in [-0.2, 0) is 9.84 Å². The minimum absolute atomic E-state index is 0.0780. The number of aromatic nitrogens is 2. The summed E-state index contributed by atoms with van der Waals surface area (Å²) in [5.74, 6) is 0.719. The van der Waals surface area contributed by atoms with E-state index in [4.69, 9.17) is 0 Å². The van der Waals surface area contributed by atoms with Gasteiger partial charge < -0.3 is 5.32 Å². The highest BCUT2D eigenvalue weighted by Gasteiger charge is 2.13. The zero-order valence-electron chi connectivity index (χ0n) is 10.9. The summed E-state index contributed by atoms with van der Waals surface area (Å²) in [4.78, 5) is 4.22. The fourth-order valence-electron chi connectivity index (χ4n) is 1.92. The Morgan fingerprint density at radius 3 is 2.63 bits per heavy atom. The molecule has 1 heterocycles. The summed E-state index contributed by atoms with van der Waals surface area (Å²) in [6.45, 7) is 1.82. The normalized spacial score (nSPS) is 13.2. The van der Waals surface area contributed by atoms with E-state index in [0.717, 1.165) is 5.69 Å². The Morgan fingerprint density at radius 1 is 1.32 bits per heavy atom. The number of benzene rings is 1. The van der Waals surface area contributed by atoms with Crippen LogP contribution in [0.3, 0.4) is 0 Å². The second kappa shape index (κ2) is 5.44. The molecule has 102 valence electrons. The van der Waals surface area contributed by atoms with Crippen molar-refractivity contribution in [2.45, 2.75) is 13.0 Å². The second-order valence-corrected chi connectivity index (χ2v) is 6.78. The van der Waals surface area contributed by atoms with Crippen molar-refractivity contribution in [3.05, 3.63) is 42.7 Å². The first-order valence-corrected chi connectivity index (χ1v) is 8.05. The molecular weight excluding hydrogens is 262 g/mol. The number of para-hydroxylation sites is 1. The van der Waals surface area contributed by atoms with Gasteiger partial charge in [-0.1, -0.05) is 18.2 Å². The van der Waals surface area contributed by atoms with Crippen LogP contribution in [-0.4, -0.2) is 36.0 Å². The minimum atomic E-state index is -3.00. The maximum absolute atomic E-state index is 11.3. The highest BCUT2D eigenvalue weighted by atomic mass is 32.2. The van der Waals surface area contributed by atoms with Crippen LogP contribution < -0.4 is 5.32 Å². The van der Waals surface area contributed by atoms with Crippen LogP contribution in [0.4, 0.5) is 5.95 Å². The Balaban J connectivity index is 2.17. The molecule has 0 bridgehead atoms. The monoisotopic (exact) mass is 279 g/mol. The van der Waals surface area contributed by atoms with Crippen molar-refractivity contribution in [3.8, 4) is 5.69 Å². The van der Waals surface area contributed by atoms with Gasteiger partial charge in [-0.2, -0.15) is 0 Å². The van der Waals surface area contributed by atoms with Gasteiger partial charge in [-0.15, -0.1) is 0 Å². The molecule has 0 saturated heterocycles. The van der Waals surface area contributed by atoms with Gasteiger partial charge in [-0.25, -0.2) is 13.4 Å². The lowest BCUT2D eigenvalue weighted by molar-refractivity contribution is 0.597. The molecule has 1 aromatic carbocycles. The van der Waals surface area contributed by atoms with Crippen LogP contribution in [0.2, 0.25) is 0 Å². The lowest BCUT2D eigenvalue weighted by atomic mass is 10.3. The van der Waals surface area contributed by atoms with E-state index in [1.165, 1.54) is 6.26 Å². The van der Waals surface area contributed by atoms with Crippen LogP contribution in [0.5, 0.6) is 0 Å². The number of imidazole rings is 1. The van der Waals surface area contributed by atoms with E-state index in [2.05, 4.69) is 10.3 Å². The molecule has 1 N–H and O–H groups in total. The van der Waals surface area contributed by atoms with Crippen molar-refractivity contribution in [3.63, 3.8) is 0 Å². The highest BCUT2D eigenvalue weighted by molar-refractivity contribution is 7.90. The molecule has 0 spiro atoms. The average Bonchev–Trinajstić information content (AvgIpc) is 2.75. The number of hydrogen-bond acceptors (Lipinski definition) is 4. The molecule has 2 aromatic rings. The Hall–Kier alpha value is -1.82. The summed E-state index contributed by atoms with van der Waals surface area (Å²) >= 11 is 0. The van der Waals surface area contributed by atoms with Crippen LogP contribution in [0.1, 0.15) is 6.92 Å². The van der Waals surface area contributed by atoms with Gasteiger partial charge in [0, 0.05) is 30.4 Å². The van der Waals surface area contributed by atoms with Gasteiger partial charge in [-0.05, 0) is 19.1 Å². The predicted octanol–water partition coefficient (Wildman–Crippen LogP) is 1.72. The summed E-state index contributed by atoms with van der Waals surface area (Å²) in [6.07, 6.45) is 4.75. The molecule has 1 aromatic heterocycles. The van der Waals surface area contributed by atoms with Gasteiger partial charge in [0.25, 0.3) is 0 Å². The summed E-state index contributed by atoms with van der Waals surface area (Å²) < 4.78 is 24.4. The second-order valence-electron chi connectivity index (χ2n) is 4.59. The number of rotatable bonds is 5. The Labute approximate surface area is 113 Å². The van der Waals surface area contributed by atoms with Gasteiger partial charge in [0.2, 0.25) is 5.95 Å². The molecule has 0 saturated carbocycles. The number of anilines is 1. The van der Waals surface area contributed by atoms with E-state index in [9.17, 15) is 8.42 Å². The molecule has 0 amide bonds. The predicted molar refractivity (Wildman–Crippen MR) is 76.4 cm³/mol. The third-order valence-electron chi connectivity index (χ3n) is 2.60. The molecular formula is C13H17N3O2S. The molecule has 6 heteroatoms. The quantitative estimate of drug-likeness (QED) is 0.905. The zero-order chi connectivity index (χ0) is 13.9. The molecule has 1 atom stereocenters. The maximum atomic E-state index is 11.3. The fourth-order valence-corrected chi connectivity index (χ4v) is 2.91. The molecule has 19 heavy (non-hydrogen) atoms. The van der Waals surface area contributed by atoms with Crippen LogP contribution >= 0.6 is 0 Å². The molecule has 0 aliphatic carbocycles. The first-order valence-electron chi connectivity index (χ1n) is 5.99. The van der Waals surface area contributed by atoms with Gasteiger partial charge in [0.1, 0.15) is 9.84 Å². The summed E-state index contributed by atoms with van der Waals surface area (Å²) in [5.41, 5.74) is 0.981. The van der Waals surface area contributed by atoms with Gasteiger partial charge in [0.15, 0.2) is 0 Å². The van der Waals surface area contributed by atoms with Crippen molar-refractivity contribution in [2.75, 3.05) is 17.3 Å². The standard InChI is InChI=1S/C13H17N3O2S/c1-11(10-19(2,17)18)15-13-14-8-9-16(13)12-6-4-3-5-7-12/h3-9,11H,10H2,1-2H3,(H,14,15). The third kappa shape index (κ3) is 3.82. The fraction of sp³-hybridized carbons (Fsp3) is 0.308. The van der Waals surface area contributed by atoms with E-state index in [0.29, 0.717) is 5.95 Å². The van der Waals surface area contributed by atoms with E-state index in [-0.39, 0.29) is 11.8 Å². The van der Waals surface area contributed by atoms with E-state index < -0.39 is 9.84 Å². The molecule has 5 nitrogen and oxygen atoms in total. The lowest BCUT2D eigenvalue weighted by Gasteiger charge is -2.15. The summed E-state index contributed by atoms with van der Waals surface area (Å²) in [7, 11) is -3.00. The average molecular weight is 279 g/mol. The topological polar surface area (TPSA) is 64.0 Å². The highest BCUT2D eigenvalue weighted by Crippen LogP contribution is 2.14. The largest absolute Gasteiger partial charge is 0.352 e. The number of nitrogens with zero attached hydrogens (tertiary/aromatic N) is 2. The Bertz CT molecular complexity index is 635. The van der Waals surface area contributed by atoms with E-state index in [1.807, 2.05) is 48.0 Å². The first-order chi connectivity index (χ1) is 8.96. The molecule has 1 unspecified atom stereocenters. The van der Waals surface area contributed by atoms with Gasteiger partial charge in [0.05, 0.1) is 5.75 Å². The first kappa shape index (κ1) is 13.6. The molecule has 2 rings (SSSR count). The molecule has 0 aliphatic heterocycles. The number of hydrogen-bond donors (Lipinski definition) is 1. The van der Waals surface area contributed by atoms with Crippen molar-refractivity contribution in [2.24, 2.45) is 0 Å². The third-order valence-corrected chi connectivity index (χ3v) is 3.71. The van der Waals surface area contributed by atoms with Crippen molar-refractivity contribution in [1.82, 2.24) is 9.55 Å². The number of sulfone groups is 1. The molecule has 0 fully saturated rings. The molecule has 0 radical (unpaired) electrons. The summed E-state index contributed by atoms with van der Waals surface area (Å²) in [5, 5.41) is 3.12. The van der Waals surface area contributed by atoms with Crippen molar-refractivity contribution >= 4 is 15.8 Å². The Morgan fingerprint density at radius 2 is 2.00 bits per heavy atom. The SMILES string of the molecule is CC(CS(C)(=O)=O)Nc1nccn1-c1ccccc1. The number of nitrogens with one attached hydrogen (secondary N) is 1. The van der Waals surface area contributed by atoms with Crippen LogP contribution in [0.25, 0.3) is 5.69 Å². The van der Waals surface area contributed by atoms with Gasteiger partial charge in [-0.3, -0.25) is 4.57 Å². The van der Waals surface area contributed by atoms with Crippen LogP contribution in [0, 0.1) is 0 Å². The lowest BCUT2D eigenvalue weighted by Crippen LogP contribution is -2.26. The van der Waals surface area contributed by atoms with Crippen molar-refractivity contribution in [1.29, 1.82) is 0 Å². The summed E-state index contributed by atoms with van der Waals surface area (Å²) in [6, 6.07) is 9.57. The smallest absolute Gasteiger partial charge is 0.207 e. The molecule has 0 aliphatic rings. The zero-order valence-corrected chi connectivity index (χ0v) is 11.8.